The van der Waals surface area contributed by atoms with Crippen LogP contribution in [0.2, 0.25) is 0 Å². The average molecular weight is 237 g/mol. The van der Waals surface area contributed by atoms with Crippen molar-refractivity contribution in [3.63, 3.8) is 0 Å². The van der Waals surface area contributed by atoms with Crippen LogP contribution in [-0.2, 0) is 0 Å². The first-order valence-electron chi connectivity index (χ1n) is 7.23. The first kappa shape index (κ1) is 12.7. The highest BCUT2D eigenvalue weighted by Gasteiger charge is 2.29. The molecule has 1 aliphatic carbocycles. The summed E-state index contributed by atoms with van der Waals surface area (Å²) >= 11 is 0. The first-order valence-corrected chi connectivity index (χ1v) is 7.23. The Morgan fingerprint density at radius 1 is 1.29 bits per heavy atom. The van der Waals surface area contributed by atoms with Crippen LogP contribution < -0.4 is 5.73 Å². The van der Waals surface area contributed by atoms with Crippen molar-refractivity contribution in [2.75, 3.05) is 13.1 Å². The van der Waals surface area contributed by atoms with Crippen molar-refractivity contribution in [2.24, 2.45) is 22.6 Å². The van der Waals surface area contributed by atoms with E-state index in [1.54, 1.807) is 0 Å². The fourth-order valence-electron chi connectivity index (χ4n) is 3.22. The molecule has 17 heavy (non-hydrogen) atoms. The maximum absolute atomic E-state index is 6.00. The van der Waals surface area contributed by atoms with Gasteiger partial charge in [0, 0.05) is 6.54 Å². The summed E-state index contributed by atoms with van der Waals surface area (Å²) in [6, 6.07) is 0.584. The van der Waals surface area contributed by atoms with Gasteiger partial charge in [0.25, 0.3) is 0 Å². The molecule has 0 radical (unpaired) electrons. The third-order valence-corrected chi connectivity index (χ3v) is 4.09. The molecule has 1 aliphatic heterocycles. The Balaban J connectivity index is 1.86. The van der Waals surface area contributed by atoms with E-state index in [-0.39, 0.29) is 0 Å². The maximum Gasteiger partial charge on any atom is 0.191 e. The summed E-state index contributed by atoms with van der Waals surface area (Å²) in [6.07, 6.45) is 8.44. The SMILES string of the molecule is CC(C)CN1C(N)=NCC1CC1CCCCC1. The molecule has 0 saturated heterocycles. The zero-order valence-electron chi connectivity index (χ0n) is 11.4. The Hall–Kier alpha value is -0.730. The number of nitrogens with two attached hydrogens (primary N) is 1. The number of hydrogen-bond donors (Lipinski definition) is 1. The van der Waals surface area contributed by atoms with Crippen LogP contribution >= 0.6 is 0 Å². The fraction of sp³-hybridized carbons (Fsp3) is 0.929. The Morgan fingerprint density at radius 3 is 2.65 bits per heavy atom. The Bertz CT molecular complexity index is 267. The predicted octanol–water partition coefficient (Wildman–Crippen LogP) is 2.61. The number of aliphatic imine (C=N–C) groups is 1. The molecule has 1 unspecified atom stereocenters. The van der Waals surface area contributed by atoms with Crippen molar-refractivity contribution in [1.29, 1.82) is 0 Å². The van der Waals surface area contributed by atoms with Gasteiger partial charge in [-0.1, -0.05) is 46.0 Å². The van der Waals surface area contributed by atoms with E-state index in [0.717, 1.165) is 25.0 Å². The van der Waals surface area contributed by atoms with Crippen LogP contribution in [0.5, 0.6) is 0 Å². The highest BCUT2D eigenvalue weighted by atomic mass is 15.3. The smallest absolute Gasteiger partial charge is 0.191 e. The number of hydrogen-bond acceptors (Lipinski definition) is 3. The quantitative estimate of drug-likeness (QED) is 0.816. The summed E-state index contributed by atoms with van der Waals surface area (Å²) in [6.45, 7) is 6.49. The van der Waals surface area contributed by atoms with Crippen molar-refractivity contribution in [2.45, 2.75) is 58.4 Å². The van der Waals surface area contributed by atoms with Crippen LogP contribution in [-0.4, -0.2) is 30.0 Å². The zero-order valence-corrected chi connectivity index (χ0v) is 11.4. The lowest BCUT2D eigenvalue weighted by atomic mass is 9.84. The van der Waals surface area contributed by atoms with E-state index in [4.69, 9.17) is 5.73 Å². The standard InChI is InChI=1S/C14H27N3/c1-11(2)10-17-13(9-16-14(17)15)8-12-6-4-3-5-7-12/h11-13H,3-10H2,1-2H3,(H2,15,16). The van der Waals surface area contributed by atoms with Crippen LogP contribution in [0.1, 0.15) is 52.4 Å². The minimum absolute atomic E-state index is 0.584. The van der Waals surface area contributed by atoms with E-state index < -0.39 is 0 Å². The van der Waals surface area contributed by atoms with Crippen molar-refractivity contribution in [3.8, 4) is 0 Å². The Labute approximate surface area is 105 Å². The minimum Gasteiger partial charge on any atom is -0.370 e. The summed E-state index contributed by atoms with van der Waals surface area (Å²) in [5, 5.41) is 0. The van der Waals surface area contributed by atoms with Crippen LogP contribution in [0, 0.1) is 11.8 Å². The summed E-state index contributed by atoms with van der Waals surface area (Å²) < 4.78 is 0. The Kier molecular flexibility index (Phi) is 4.30. The lowest BCUT2D eigenvalue weighted by molar-refractivity contribution is 0.231. The highest BCUT2D eigenvalue weighted by molar-refractivity contribution is 5.80. The molecule has 0 amide bonds. The fourth-order valence-corrected chi connectivity index (χ4v) is 3.22. The van der Waals surface area contributed by atoms with Gasteiger partial charge in [0.1, 0.15) is 0 Å². The molecule has 0 aromatic heterocycles. The number of guanidine groups is 1. The van der Waals surface area contributed by atoms with E-state index in [1.807, 2.05) is 0 Å². The molecule has 98 valence electrons. The van der Waals surface area contributed by atoms with E-state index in [9.17, 15) is 0 Å². The normalized spacial score (nSPS) is 26.6. The first-order chi connectivity index (χ1) is 8.16. The molecule has 0 aromatic carbocycles. The van der Waals surface area contributed by atoms with Gasteiger partial charge in [0.2, 0.25) is 0 Å². The molecule has 0 spiro atoms. The molecule has 1 fully saturated rings. The molecule has 1 saturated carbocycles. The van der Waals surface area contributed by atoms with Gasteiger partial charge >= 0.3 is 0 Å². The maximum atomic E-state index is 6.00. The largest absolute Gasteiger partial charge is 0.370 e. The molecule has 1 atom stereocenters. The predicted molar refractivity (Wildman–Crippen MR) is 73.0 cm³/mol. The van der Waals surface area contributed by atoms with Gasteiger partial charge in [-0.3, -0.25) is 4.99 Å². The van der Waals surface area contributed by atoms with Crippen molar-refractivity contribution in [3.05, 3.63) is 0 Å². The molecule has 3 nitrogen and oxygen atoms in total. The second-order valence-corrected chi connectivity index (χ2v) is 6.14. The topological polar surface area (TPSA) is 41.6 Å². The summed E-state index contributed by atoms with van der Waals surface area (Å²) in [7, 11) is 0. The molecular weight excluding hydrogens is 210 g/mol. The van der Waals surface area contributed by atoms with Gasteiger partial charge in [-0.15, -0.1) is 0 Å². The molecule has 2 N–H and O–H groups in total. The molecule has 0 aromatic rings. The second-order valence-electron chi connectivity index (χ2n) is 6.14. The molecule has 2 aliphatic rings. The lowest BCUT2D eigenvalue weighted by Crippen LogP contribution is -2.43. The van der Waals surface area contributed by atoms with Crippen molar-refractivity contribution >= 4 is 5.96 Å². The third kappa shape index (κ3) is 3.36. The van der Waals surface area contributed by atoms with Crippen molar-refractivity contribution in [1.82, 2.24) is 4.90 Å². The van der Waals surface area contributed by atoms with Gasteiger partial charge in [0.05, 0.1) is 12.6 Å². The van der Waals surface area contributed by atoms with Gasteiger partial charge in [-0.05, 0) is 18.3 Å². The summed E-state index contributed by atoms with van der Waals surface area (Å²) in [5.74, 6) is 2.36. The van der Waals surface area contributed by atoms with Crippen LogP contribution in [0.25, 0.3) is 0 Å². The zero-order chi connectivity index (χ0) is 12.3. The Morgan fingerprint density at radius 2 is 2.00 bits per heavy atom. The van der Waals surface area contributed by atoms with E-state index >= 15 is 0 Å². The molecular formula is C14H27N3. The second kappa shape index (κ2) is 5.74. The monoisotopic (exact) mass is 237 g/mol. The molecule has 0 bridgehead atoms. The van der Waals surface area contributed by atoms with Crippen molar-refractivity contribution < 1.29 is 0 Å². The van der Waals surface area contributed by atoms with Gasteiger partial charge < -0.3 is 10.6 Å². The minimum atomic E-state index is 0.584. The van der Waals surface area contributed by atoms with Gasteiger partial charge in [-0.25, -0.2) is 0 Å². The third-order valence-electron chi connectivity index (χ3n) is 4.09. The van der Waals surface area contributed by atoms with E-state index in [2.05, 4.69) is 23.7 Å². The number of rotatable bonds is 4. The van der Waals surface area contributed by atoms with Gasteiger partial charge in [0.15, 0.2) is 5.96 Å². The number of nitrogens with zero attached hydrogens (tertiary/aromatic N) is 2. The average Bonchev–Trinajstić information content (AvgIpc) is 2.62. The molecule has 3 heteroatoms. The lowest BCUT2D eigenvalue weighted by Gasteiger charge is -2.32. The van der Waals surface area contributed by atoms with Gasteiger partial charge in [-0.2, -0.15) is 0 Å². The summed E-state index contributed by atoms with van der Waals surface area (Å²) in [4.78, 5) is 6.78. The summed E-state index contributed by atoms with van der Waals surface area (Å²) in [5.41, 5.74) is 6.00. The van der Waals surface area contributed by atoms with E-state index in [0.29, 0.717) is 12.0 Å². The van der Waals surface area contributed by atoms with Crippen LogP contribution in [0.15, 0.2) is 4.99 Å². The molecule has 1 heterocycles. The van der Waals surface area contributed by atoms with Crippen LogP contribution in [0.3, 0.4) is 0 Å². The highest BCUT2D eigenvalue weighted by Crippen LogP contribution is 2.29. The van der Waals surface area contributed by atoms with E-state index in [1.165, 1.54) is 38.5 Å². The molecule has 2 rings (SSSR count). The van der Waals surface area contributed by atoms with Crippen LogP contribution in [0.4, 0.5) is 0 Å².